The summed E-state index contributed by atoms with van der Waals surface area (Å²) in [7, 11) is 0. The molecule has 0 saturated heterocycles. The average molecular weight is 327 g/mol. The predicted octanol–water partition coefficient (Wildman–Crippen LogP) is 4.74. The van der Waals surface area contributed by atoms with Crippen LogP contribution in [0.15, 0.2) is 60.8 Å². The van der Waals surface area contributed by atoms with Crippen LogP contribution in [0.1, 0.15) is 11.3 Å². The van der Waals surface area contributed by atoms with Crippen molar-refractivity contribution in [1.29, 1.82) is 0 Å². The summed E-state index contributed by atoms with van der Waals surface area (Å²) in [5.74, 6) is 0. The van der Waals surface area contributed by atoms with Gasteiger partial charge in [0.15, 0.2) is 0 Å². The van der Waals surface area contributed by atoms with Gasteiger partial charge in [0.05, 0.1) is 11.4 Å². The highest BCUT2D eigenvalue weighted by Gasteiger charge is 2.10. The molecular formula is C17H15BrN2. The molecule has 0 saturated carbocycles. The molecular weight excluding hydrogens is 312 g/mol. The maximum atomic E-state index is 4.67. The minimum absolute atomic E-state index is 0.746. The summed E-state index contributed by atoms with van der Waals surface area (Å²) in [6.07, 6.45) is 2.09. The molecule has 0 aliphatic rings. The zero-order chi connectivity index (χ0) is 13.9. The zero-order valence-electron chi connectivity index (χ0n) is 11.3. The molecule has 20 heavy (non-hydrogen) atoms. The third kappa shape index (κ3) is 2.54. The largest absolute Gasteiger partial charge is 0.240 e. The van der Waals surface area contributed by atoms with Gasteiger partial charge in [-0.05, 0) is 24.6 Å². The maximum absolute atomic E-state index is 4.67. The third-order valence-corrected chi connectivity index (χ3v) is 3.83. The van der Waals surface area contributed by atoms with E-state index in [0.717, 1.165) is 16.7 Å². The van der Waals surface area contributed by atoms with E-state index in [-0.39, 0.29) is 0 Å². The minimum Gasteiger partial charge on any atom is -0.240 e. The van der Waals surface area contributed by atoms with Crippen LogP contribution in [0.25, 0.3) is 16.8 Å². The first-order valence-corrected chi connectivity index (χ1v) is 7.67. The van der Waals surface area contributed by atoms with E-state index in [4.69, 9.17) is 0 Å². The molecule has 0 N–H and O–H groups in total. The Morgan fingerprint density at radius 1 is 1.00 bits per heavy atom. The Labute approximate surface area is 127 Å². The fraction of sp³-hybridized carbons (Fsp3) is 0.118. The van der Waals surface area contributed by atoms with Gasteiger partial charge in [0, 0.05) is 17.1 Å². The van der Waals surface area contributed by atoms with Crippen LogP contribution in [0.5, 0.6) is 0 Å². The summed E-state index contributed by atoms with van der Waals surface area (Å²) >= 11 is 3.53. The Hall–Kier alpha value is -1.87. The second-order valence-corrected chi connectivity index (χ2v) is 5.33. The van der Waals surface area contributed by atoms with Gasteiger partial charge in [0.2, 0.25) is 0 Å². The molecule has 2 nitrogen and oxygen atoms in total. The van der Waals surface area contributed by atoms with Gasteiger partial charge in [0.25, 0.3) is 0 Å². The number of hydrogen-bond donors (Lipinski definition) is 0. The zero-order valence-corrected chi connectivity index (χ0v) is 12.8. The van der Waals surface area contributed by atoms with Crippen molar-refractivity contribution in [3.8, 4) is 16.8 Å². The number of halogens is 1. The van der Waals surface area contributed by atoms with Gasteiger partial charge in [-0.3, -0.25) is 0 Å². The first kappa shape index (κ1) is 13.1. The number of aromatic nitrogens is 2. The maximum Gasteiger partial charge on any atom is 0.0812 e. The monoisotopic (exact) mass is 326 g/mol. The van der Waals surface area contributed by atoms with Gasteiger partial charge in [0.1, 0.15) is 0 Å². The van der Waals surface area contributed by atoms with Crippen LogP contribution < -0.4 is 0 Å². The standard InChI is InChI=1S/C17H15BrN2/c1-13-7-9-15(10-8-13)20-12-16(17(11-18)19-20)14-5-3-2-4-6-14/h2-10,12H,11H2,1H3. The molecule has 3 rings (SSSR count). The van der Waals surface area contributed by atoms with Gasteiger partial charge in [-0.1, -0.05) is 64.0 Å². The van der Waals surface area contributed by atoms with E-state index in [1.165, 1.54) is 16.7 Å². The lowest BCUT2D eigenvalue weighted by Crippen LogP contribution is -1.95. The van der Waals surface area contributed by atoms with Crippen molar-refractivity contribution in [1.82, 2.24) is 9.78 Å². The Morgan fingerprint density at radius 3 is 2.35 bits per heavy atom. The van der Waals surface area contributed by atoms with E-state index < -0.39 is 0 Å². The number of aryl methyl sites for hydroxylation is 1. The summed E-state index contributed by atoms with van der Waals surface area (Å²) in [6, 6.07) is 18.8. The molecule has 0 unspecified atom stereocenters. The Morgan fingerprint density at radius 2 is 1.70 bits per heavy atom. The van der Waals surface area contributed by atoms with E-state index in [1.807, 2.05) is 10.7 Å². The van der Waals surface area contributed by atoms with Crippen LogP contribution in [0, 0.1) is 6.92 Å². The van der Waals surface area contributed by atoms with Crippen molar-refractivity contribution in [2.45, 2.75) is 12.3 Å². The first-order chi connectivity index (χ1) is 9.78. The molecule has 0 radical (unpaired) electrons. The van der Waals surface area contributed by atoms with Crippen LogP contribution in [0.4, 0.5) is 0 Å². The summed E-state index contributed by atoms with van der Waals surface area (Å²) in [4.78, 5) is 0. The summed E-state index contributed by atoms with van der Waals surface area (Å²) in [5, 5.41) is 5.42. The lowest BCUT2D eigenvalue weighted by Gasteiger charge is -2.01. The number of benzene rings is 2. The Balaban J connectivity index is 2.07. The predicted molar refractivity (Wildman–Crippen MR) is 86.4 cm³/mol. The topological polar surface area (TPSA) is 17.8 Å². The number of hydrogen-bond acceptors (Lipinski definition) is 1. The molecule has 1 aromatic heterocycles. The van der Waals surface area contributed by atoms with Gasteiger partial charge < -0.3 is 0 Å². The highest BCUT2D eigenvalue weighted by Crippen LogP contribution is 2.25. The smallest absolute Gasteiger partial charge is 0.0812 e. The van der Waals surface area contributed by atoms with Crippen molar-refractivity contribution in [3.05, 3.63) is 72.1 Å². The third-order valence-electron chi connectivity index (χ3n) is 3.30. The Kier molecular flexibility index (Phi) is 3.70. The second-order valence-electron chi connectivity index (χ2n) is 4.77. The van der Waals surface area contributed by atoms with Crippen molar-refractivity contribution in [2.75, 3.05) is 0 Å². The van der Waals surface area contributed by atoms with Crippen LogP contribution >= 0.6 is 15.9 Å². The highest BCUT2D eigenvalue weighted by molar-refractivity contribution is 9.08. The SMILES string of the molecule is Cc1ccc(-n2cc(-c3ccccc3)c(CBr)n2)cc1. The fourth-order valence-corrected chi connectivity index (χ4v) is 2.61. The molecule has 0 aliphatic heterocycles. The van der Waals surface area contributed by atoms with Crippen LogP contribution in [0.2, 0.25) is 0 Å². The van der Waals surface area contributed by atoms with Crippen LogP contribution in [-0.2, 0) is 5.33 Å². The Bertz CT molecular complexity index is 700. The molecule has 3 aromatic rings. The lowest BCUT2D eigenvalue weighted by molar-refractivity contribution is 0.860. The van der Waals surface area contributed by atoms with E-state index in [1.54, 1.807) is 0 Å². The van der Waals surface area contributed by atoms with Crippen molar-refractivity contribution in [3.63, 3.8) is 0 Å². The van der Waals surface area contributed by atoms with Gasteiger partial charge >= 0.3 is 0 Å². The second kappa shape index (κ2) is 5.63. The van der Waals surface area contributed by atoms with Gasteiger partial charge in [-0.25, -0.2) is 4.68 Å². The summed E-state index contributed by atoms with van der Waals surface area (Å²) in [5.41, 5.74) is 5.75. The minimum atomic E-state index is 0.746. The fourth-order valence-electron chi connectivity index (χ4n) is 2.20. The quantitative estimate of drug-likeness (QED) is 0.635. The first-order valence-electron chi connectivity index (χ1n) is 6.55. The molecule has 0 bridgehead atoms. The molecule has 3 heteroatoms. The molecule has 100 valence electrons. The number of nitrogens with zero attached hydrogens (tertiary/aromatic N) is 2. The normalized spacial score (nSPS) is 10.7. The van der Waals surface area contributed by atoms with Crippen molar-refractivity contribution >= 4 is 15.9 Å². The van der Waals surface area contributed by atoms with Crippen LogP contribution in [-0.4, -0.2) is 9.78 Å². The van der Waals surface area contributed by atoms with E-state index in [0.29, 0.717) is 0 Å². The summed E-state index contributed by atoms with van der Waals surface area (Å²) in [6.45, 7) is 2.09. The average Bonchev–Trinajstić information content (AvgIpc) is 2.93. The van der Waals surface area contributed by atoms with Crippen LogP contribution in [0.3, 0.4) is 0 Å². The van der Waals surface area contributed by atoms with Gasteiger partial charge in [-0.2, -0.15) is 5.10 Å². The number of rotatable bonds is 3. The van der Waals surface area contributed by atoms with Gasteiger partial charge in [-0.15, -0.1) is 0 Å². The molecule has 0 fully saturated rings. The molecule has 0 atom stereocenters. The molecule has 0 aliphatic carbocycles. The highest BCUT2D eigenvalue weighted by atomic mass is 79.9. The molecule has 0 spiro atoms. The van der Waals surface area contributed by atoms with Crippen molar-refractivity contribution < 1.29 is 0 Å². The lowest BCUT2D eigenvalue weighted by atomic mass is 10.1. The van der Waals surface area contributed by atoms with E-state index >= 15 is 0 Å². The molecule has 1 heterocycles. The van der Waals surface area contributed by atoms with E-state index in [2.05, 4.69) is 82.7 Å². The molecule has 0 amide bonds. The van der Waals surface area contributed by atoms with Crippen molar-refractivity contribution in [2.24, 2.45) is 0 Å². The van der Waals surface area contributed by atoms with E-state index in [9.17, 15) is 0 Å². The summed E-state index contributed by atoms with van der Waals surface area (Å²) < 4.78 is 1.94. The number of alkyl halides is 1. The molecule has 2 aromatic carbocycles.